The number of carbonyl (C=O) groups excluding carboxylic acids is 2. The molecule has 31 heavy (non-hydrogen) atoms. The highest BCUT2D eigenvalue weighted by Gasteiger charge is 2.05. The van der Waals surface area contributed by atoms with Crippen LogP contribution in [0.15, 0.2) is 48.5 Å². The lowest BCUT2D eigenvalue weighted by molar-refractivity contribution is 0.158. The maximum Gasteiger partial charge on any atom is 0.411 e. The fourth-order valence-electron chi connectivity index (χ4n) is 2.99. The monoisotopic (exact) mass is 426 g/mol. The molecular formula is C25H34N2O4. The second kappa shape index (κ2) is 14.1. The van der Waals surface area contributed by atoms with E-state index < -0.39 is 12.2 Å². The van der Waals surface area contributed by atoms with Crippen molar-refractivity contribution in [3.8, 4) is 0 Å². The molecule has 0 saturated carbocycles. The molecule has 0 aliphatic rings. The Bertz CT molecular complexity index is 721. The normalized spacial score (nSPS) is 10.4. The molecule has 0 fully saturated rings. The molecule has 2 rings (SSSR count). The first kappa shape index (κ1) is 24.3. The van der Waals surface area contributed by atoms with E-state index in [1.165, 1.54) is 0 Å². The molecule has 0 spiro atoms. The van der Waals surface area contributed by atoms with Crippen LogP contribution in [-0.2, 0) is 15.9 Å². The first-order valence-electron chi connectivity index (χ1n) is 11.2. The van der Waals surface area contributed by atoms with Crippen molar-refractivity contribution in [1.29, 1.82) is 0 Å². The Labute approximate surface area is 185 Å². The van der Waals surface area contributed by atoms with Crippen LogP contribution in [0.1, 0.15) is 63.5 Å². The summed E-state index contributed by atoms with van der Waals surface area (Å²) in [6, 6.07) is 15.4. The Morgan fingerprint density at radius 3 is 1.39 bits per heavy atom. The predicted octanol–water partition coefficient (Wildman–Crippen LogP) is 6.75. The highest BCUT2D eigenvalue weighted by molar-refractivity contribution is 5.85. The lowest BCUT2D eigenvalue weighted by Gasteiger charge is -2.09. The van der Waals surface area contributed by atoms with Gasteiger partial charge in [-0.25, -0.2) is 9.59 Å². The second-order valence-corrected chi connectivity index (χ2v) is 7.51. The molecule has 0 aromatic heterocycles. The maximum absolute atomic E-state index is 11.8. The van der Waals surface area contributed by atoms with E-state index in [9.17, 15) is 9.59 Å². The Kier molecular flexibility index (Phi) is 11.0. The summed E-state index contributed by atoms with van der Waals surface area (Å²) in [5, 5.41) is 5.49. The van der Waals surface area contributed by atoms with Gasteiger partial charge in [0.2, 0.25) is 0 Å². The van der Waals surface area contributed by atoms with Crippen LogP contribution in [-0.4, -0.2) is 25.4 Å². The van der Waals surface area contributed by atoms with Gasteiger partial charge in [0.15, 0.2) is 0 Å². The molecule has 0 radical (unpaired) electrons. The van der Waals surface area contributed by atoms with E-state index in [1.54, 1.807) is 0 Å². The van der Waals surface area contributed by atoms with Gasteiger partial charge in [-0.3, -0.25) is 10.6 Å². The van der Waals surface area contributed by atoms with Gasteiger partial charge in [-0.2, -0.15) is 0 Å². The van der Waals surface area contributed by atoms with Crippen molar-refractivity contribution >= 4 is 23.6 Å². The lowest BCUT2D eigenvalue weighted by Crippen LogP contribution is -2.14. The highest BCUT2D eigenvalue weighted by atomic mass is 16.6. The summed E-state index contributed by atoms with van der Waals surface area (Å²) in [5.41, 5.74) is 3.67. The third-order valence-electron chi connectivity index (χ3n) is 4.77. The minimum Gasteiger partial charge on any atom is -0.449 e. The van der Waals surface area contributed by atoms with Crippen molar-refractivity contribution in [2.75, 3.05) is 23.8 Å². The fraction of sp³-hybridized carbons (Fsp3) is 0.440. The number of amides is 2. The third-order valence-corrected chi connectivity index (χ3v) is 4.77. The summed E-state index contributed by atoms with van der Waals surface area (Å²) in [5.74, 6) is 0. The summed E-state index contributed by atoms with van der Waals surface area (Å²) >= 11 is 0. The number of carbonyl (C=O) groups is 2. The molecule has 2 N–H and O–H groups in total. The standard InChI is InChI=1S/C25H34N2O4/c1-3-5-7-17-30-24(28)26-22-13-9-20(10-14-22)19-21-11-15-23(16-12-21)27-25(29)31-18-8-6-4-2/h9-16H,3-8,17-19H2,1-2H3,(H,26,28)(H,27,29). The van der Waals surface area contributed by atoms with Crippen molar-refractivity contribution in [2.45, 2.75) is 58.8 Å². The van der Waals surface area contributed by atoms with Crippen LogP contribution in [0.25, 0.3) is 0 Å². The van der Waals surface area contributed by atoms with Crippen LogP contribution in [0.5, 0.6) is 0 Å². The lowest BCUT2D eigenvalue weighted by atomic mass is 10.0. The van der Waals surface area contributed by atoms with Crippen LogP contribution < -0.4 is 10.6 Å². The third kappa shape index (κ3) is 10.0. The van der Waals surface area contributed by atoms with E-state index in [1.807, 2.05) is 48.5 Å². The Balaban J connectivity index is 1.76. The molecule has 2 aromatic carbocycles. The number of hydrogen-bond donors (Lipinski definition) is 2. The Morgan fingerprint density at radius 1 is 0.645 bits per heavy atom. The smallest absolute Gasteiger partial charge is 0.411 e. The Hall–Kier alpha value is -3.02. The van der Waals surface area contributed by atoms with Crippen LogP contribution >= 0.6 is 0 Å². The van der Waals surface area contributed by atoms with Gasteiger partial charge in [-0.1, -0.05) is 63.8 Å². The molecule has 0 bridgehead atoms. The second-order valence-electron chi connectivity index (χ2n) is 7.51. The highest BCUT2D eigenvalue weighted by Crippen LogP contribution is 2.16. The van der Waals surface area contributed by atoms with Gasteiger partial charge < -0.3 is 9.47 Å². The van der Waals surface area contributed by atoms with Crippen LogP contribution in [0.4, 0.5) is 21.0 Å². The minimum absolute atomic E-state index is 0.421. The zero-order valence-electron chi connectivity index (χ0n) is 18.6. The molecule has 0 atom stereocenters. The molecule has 0 aliphatic carbocycles. The Morgan fingerprint density at radius 2 is 1.03 bits per heavy atom. The average Bonchev–Trinajstić information content (AvgIpc) is 2.77. The van der Waals surface area contributed by atoms with Crippen molar-refractivity contribution in [3.05, 3.63) is 59.7 Å². The maximum atomic E-state index is 11.8. The van der Waals surface area contributed by atoms with Crippen molar-refractivity contribution in [1.82, 2.24) is 0 Å². The summed E-state index contributed by atoms with van der Waals surface area (Å²) in [6.45, 7) is 5.11. The van der Waals surface area contributed by atoms with E-state index in [4.69, 9.17) is 9.47 Å². The number of anilines is 2. The SMILES string of the molecule is CCCCCOC(=O)Nc1ccc(Cc2ccc(NC(=O)OCCCCC)cc2)cc1. The van der Waals surface area contributed by atoms with Gasteiger partial charge in [0.1, 0.15) is 0 Å². The van der Waals surface area contributed by atoms with E-state index in [0.717, 1.165) is 56.1 Å². The van der Waals surface area contributed by atoms with Gasteiger partial charge in [0, 0.05) is 11.4 Å². The zero-order valence-corrected chi connectivity index (χ0v) is 18.6. The molecular weight excluding hydrogens is 392 g/mol. The fourth-order valence-corrected chi connectivity index (χ4v) is 2.99. The summed E-state index contributed by atoms with van der Waals surface area (Å²) in [4.78, 5) is 23.6. The largest absolute Gasteiger partial charge is 0.449 e. The summed E-state index contributed by atoms with van der Waals surface area (Å²) in [7, 11) is 0. The van der Waals surface area contributed by atoms with E-state index >= 15 is 0 Å². The number of rotatable bonds is 12. The van der Waals surface area contributed by atoms with Gasteiger partial charge in [-0.05, 0) is 54.7 Å². The van der Waals surface area contributed by atoms with Crippen molar-refractivity contribution in [3.63, 3.8) is 0 Å². The summed E-state index contributed by atoms with van der Waals surface area (Å²) < 4.78 is 10.3. The molecule has 6 nitrogen and oxygen atoms in total. The van der Waals surface area contributed by atoms with E-state index in [0.29, 0.717) is 24.6 Å². The number of nitrogens with one attached hydrogen (secondary N) is 2. The van der Waals surface area contributed by atoms with Gasteiger partial charge in [0.05, 0.1) is 13.2 Å². The molecule has 6 heteroatoms. The molecule has 0 saturated heterocycles. The van der Waals surface area contributed by atoms with Crippen LogP contribution in [0.2, 0.25) is 0 Å². The molecule has 0 aliphatic heterocycles. The van der Waals surface area contributed by atoms with E-state index in [2.05, 4.69) is 24.5 Å². The predicted molar refractivity (Wildman–Crippen MR) is 125 cm³/mol. The van der Waals surface area contributed by atoms with Gasteiger partial charge in [0.25, 0.3) is 0 Å². The molecule has 168 valence electrons. The van der Waals surface area contributed by atoms with E-state index in [-0.39, 0.29) is 0 Å². The minimum atomic E-state index is -0.421. The first-order valence-corrected chi connectivity index (χ1v) is 11.2. The zero-order chi connectivity index (χ0) is 22.3. The van der Waals surface area contributed by atoms with Crippen molar-refractivity contribution < 1.29 is 19.1 Å². The van der Waals surface area contributed by atoms with Gasteiger partial charge >= 0.3 is 12.2 Å². The topological polar surface area (TPSA) is 76.7 Å². The first-order chi connectivity index (χ1) is 15.1. The van der Waals surface area contributed by atoms with Gasteiger partial charge in [-0.15, -0.1) is 0 Å². The quantitative estimate of drug-likeness (QED) is 0.368. The molecule has 2 aromatic rings. The summed E-state index contributed by atoms with van der Waals surface area (Å²) in [6.07, 6.45) is 5.99. The van der Waals surface area contributed by atoms with Crippen LogP contribution in [0.3, 0.4) is 0 Å². The molecule has 2 amide bonds. The van der Waals surface area contributed by atoms with Crippen LogP contribution in [0, 0.1) is 0 Å². The number of ether oxygens (including phenoxy) is 2. The average molecular weight is 427 g/mol. The number of unbranched alkanes of at least 4 members (excludes halogenated alkanes) is 4. The van der Waals surface area contributed by atoms with Crippen molar-refractivity contribution in [2.24, 2.45) is 0 Å². The molecule has 0 unspecified atom stereocenters. The number of hydrogen-bond acceptors (Lipinski definition) is 4. The number of benzene rings is 2. The molecule has 0 heterocycles.